The Morgan fingerprint density at radius 3 is 2.21 bits per heavy atom. The highest BCUT2D eigenvalue weighted by atomic mass is 32.2. The summed E-state index contributed by atoms with van der Waals surface area (Å²) in [6.45, 7) is 13.2. The van der Waals surface area contributed by atoms with Crippen LogP contribution < -0.4 is 4.31 Å². The van der Waals surface area contributed by atoms with Crippen molar-refractivity contribution in [3.8, 4) is 11.5 Å². The largest absolute Gasteiger partial charge is 0.478 e. The van der Waals surface area contributed by atoms with E-state index in [1.54, 1.807) is 27.7 Å². The normalized spacial score (nSPS) is 12.1. The Balaban J connectivity index is 2.06. The van der Waals surface area contributed by atoms with Gasteiger partial charge in [0.25, 0.3) is 10.0 Å². The van der Waals surface area contributed by atoms with Crippen LogP contribution in [0.25, 0.3) is 11.5 Å². The molecule has 0 amide bonds. The van der Waals surface area contributed by atoms with Crippen LogP contribution in [-0.2, 0) is 15.4 Å². The highest BCUT2D eigenvalue weighted by molar-refractivity contribution is 7.92. The molecule has 8 heteroatoms. The van der Waals surface area contributed by atoms with E-state index in [-0.39, 0.29) is 28.2 Å². The van der Waals surface area contributed by atoms with Gasteiger partial charge in [-0.05, 0) is 74.1 Å². The molecule has 0 atom stereocenters. The van der Waals surface area contributed by atoms with Gasteiger partial charge in [0.1, 0.15) is 5.76 Å². The van der Waals surface area contributed by atoms with E-state index in [9.17, 15) is 18.3 Å². The van der Waals surface area contributed by atoms with Crippen LogP contribution in [0.2, 0.25) is 0 Å². The van der Waals surface area contributed by atoms with Gasteiger partial charge >= 0.3 is 5.97 Å². The second kappa shape index (κ2) is 8.67. The van der Waals surface area contributed by atoms with Gasteiger partial charge in [0, 0.05) is 12.1 Å². The fraction of sp³-hybridized carbons (Fsp3) is 0.360. The number of carboxylic acids is 1. The molecule has 1 heterocycles. The van der Waals surface area contributed by atoms with Crippen molar-refractivity contribution >= 4 is 21.8 Å². The van der Waals surface area contributed by atoms with Gasteiger partial charge in [0.05, 0.1) is 10.5 Å². The van der Waals surface area contributed by atoms with Crippen LogP contribution >= 0.6 is 0 Å². The smallest absolute Gasteiger partial charge is 0.336 e. The Kier molecular flexibility index (Phi) is 6.44. The van der Waals surface area contributed by atoms with E-state index < -0.39 is 16.0 Å². The Morgan fingerprint density at radius 1 is 1.09 bits per heavy atom. The first-order valence-electron chi connectivity index (χ1n) is 10.7. The van der Waals surface area contributed by atoms with Crippen LogP contribution in [0.4, 0.5) is 5.82 Å². The Hall–Kier alpha value is -3.13. The SMILES string of the molecule is CCN(c1nc(-c2ccc(C(C)(C)C)cc2)oc1C)S(=O)(=O)c1cc(C)c(C)c(C(=O)O)c1. The van der Waals surface area contributed by atoms with Crippen molar-refractivity contribution in [1.82, 2.24) is 4.98 Å². The molecule has 0 saturated carbocycles. The molecule has 33 heavy (non-hydrogen) atoms. The molecule has 3 aromatic rings. The van der Waals surface area contributed by atoms with Crippen LogP contribution in [0.15, 0.2) is 45.7 Å². The molecule has 1 aromatic heterocycles. The second-order valence-electron chi connectivity index (χ2n) is 9.11. The third-order valence-electron chi connectivity index (χ3n) is 5.75. The van der Waals surface area contributed by atoms with Crippen molar-refractivity contribution in [2.45, 2.75) is 58.8 Å². The maximum absolute atomic E-state index is 13.5. The van der Waals surface area contributed by atoms with Gasteiger partial charge in [-0.2, -0.15) is 4.98 Å². The lowest BCUT2D eigenvalue weighted by molar-refractivity contribution is 0.0695. The molecule has 0 bridgehead atoms. The Labute approximate surface area is 195 Å². The number of benzene rings is 2. The van der Waals surface area contributed by atoms with Gasteiger partial charge in [0.2, 0.25) is 5.89 Å². The number of aryl methyl sites for hydroxylation is 2. The van der Waals surface area contributed by atoms with Crippen molar-refractivity contribution in [1.29, 1.82) is 0 Å². The average Bonchev–Trinajstić information content (AvgIpc) is 3.10. The number of hydrogen-bond acceptors (Lipinski definition) is 5. The predicted molar refractivity (Wildman–Crippen MR) is 128 cm³/mol. The summed E-state index contributed by atoms with van der Waals surface area (Å²) in [5.74, 6) is -0.308. The molecule has 2 aromatic carbocycles. The lowest BCUT2D eigenvalue weighted by Crippen LogP contribution is -2.32. The molecule has 1 N–H and O–H groups in total. The molecular formula is C25H30N2O5S. The molecule has 0 saturated heterocycles. The number of nitrogens with zero attached hydrogens (tertiary/aromatic N) is 2. The van der Waals surface area contributed by atoms with Crippen LogP contribution in [0.1, 0.15) is 60.5 Å². The highest BCUT2D eigenvalue weighted by Crippen LogP contribution is 2.32. The van der Waals surface area contributed by atoms with Gasteiger partial charge in [-0.25, -0.2) is 17.5 Å². The van der Waals surface area contributed by atoms with E-state index in [2.05, 4.69) is 25.8 Å². The van der Waals surface area contributed by atoms with Crippen LogP contribution in [-0.4, -0.2) is 31.0 Å². The number of aromatic nitrogens is 1. The maximum Gasteiger partial charge on any atom is 0.336 e. The van der Waals surface area contributed by atoms with E-state index in [0.29, 0.717) is 22.8 Å². The fourth-order valence-corrected chi connectivity index (χ4v) is 5.20. The van der Waals surface area contributed by atoms with E-state index >= 15 is 0 Å². The first-order valence-corrected chi connectivity index (χ1v) is 12.2. The number of carboxylic acid groups (broad SMARTS) is 1. The minimum Gasteiger partial charge on any atom is -0.478 e. The molecule has 176 valence electrons. The lowest BCUT2D eigenvalue weighted by atomic mass is 9.87. The van der Waals surface area contributed by atoms with Crippen molar-refractivity contribution in [2.24, 2.45) is 0 Å². The first-order chi connectivity index (χ1) is 15.3. The zero-order valence-corrected chi connectivity index (χ0v) is 20.9. The highest BCUT2D eigenvalue weighted by Gasteiger charge is 2.30. The van der Waals surface area contributed by atoms with Gasteiger partial charge in [-0.15, -0.1) is 0 Å². The molecular weight excluding hydrogens is 440 g/mol. The number of sulfonamides is 1. The minimum atomic E-state index is -4.07. The third-order valence-corrected chi connectivity index (χ3v) is 7.60. The van der Waals surface area contributed by atoms with Gasteiger partial charge in [0.15, 0.2) is 5.82 Å². The number of carbonyl (C=O) groups is 1. The lowest BCUT2D eigenvalue weighted by Gasteiger charge is -2.21. The van der Waals surface area contributed by atoms with Crippen molar-refractivity contribution in [2.75, 3.05) is 10.8 Å². The number of anilines is 1. The topological polar surface area (TPSA) is 101 Å². The standard InChI is InChI=1S/C25H30N2O5S/c1-8-27(33(30,31)20-13-15(2)16(3)21(14-20)24(28)29)22-17(4)32-23(26-22)18-9-11-19(12-10-18)25(5,6)7/h9-14H,8H2,1-7H3,(H,28,29). The molecule has 7 nitrogen and oxygen atoms in total. The minimum absolute atomic E-state index is 0.00423. The molecule has 0 aliphatic rings. The van der Waals surface area contributed by atoms with E-state index in [1.165, 1.54) is 12.1 Å². The van der Waals surface area contributed by atoms with Crippen LogP contribution in [0, 0.1) is 20.8 Å². The molecule has 0 unspecified atom stereocenters. The number of rotatable bonds is 6. The van der Waals surface area contributed by atoms with Gasteiger partial charge in [-0.3, -0.25) is 0 Å². The summed E-state index contributed by atoms with van der Waals surface area (Å²) >= 11 is 0. The zero-order chi connectivity index (χ0) is 24.7. The van der Waals surface area contributed by atoms with E-state index in [1.807, 2.05) is 24.3 Å². The number of aromatic carboxylic acids is 1. The van der Waals surface area contributed by atoms with E-state index in [4.69, 9.17) is 4.42 Å². The van der Waals surface area contributed by atoms with Crippen molar-refractivity contribution in [3.63, 3.8) is 0 Å². The maximum atomic E-state index is 13.5. The summed E-state index contributed by atoms with van der Waals surface area (Å²) in [5.41, 5.74) is 2.98. The monoisotopic (exact) mass is 470 g/mol. The average molecular weight is 471 g/mol. The quantitative estimate of drug-likeness (QED) is 0.512. The molecule has 3 rings (SSSR count). The van der Waals surface area contributed by atoms with Crippen LogP contribution in [0.5, 0.6) is 0 Å². The molecule has 0 aliphatic heterocycles. The summed E-state index contributed by atoms with van der Waals surface area (Å²) in [7, 11) is -4.07. The molecule has 0 fully saturated rings. The summed E-state index contributed by atoms with van der Waals surface area (Å²) in [6, 6.07) is 10.5. The first kappa shape index (κ1) is 24.5. The summed E-state index contributed by atoms with van der Waals surface area (Å²) in [5, 5.41) is 9.50. The Morgan fingerprint density at radius 2 is 1.70 bits per heavy atom. The number of hydrogen-bond donors (Lipinski definition) is 1. The summed E-state index contributed by atoms with van der Waals surface area (Å²) in [6.07, 6.45) is 0. The summed E-state index contributed by atoms with van der Waals surface area (Å²) < 4.78 is 34.0. The van der Waals surface area contributed by atoms with Crippen LogP contribution in [0.3, 0.4) is 0 Å². The van der Waals surface area contributed by atoms with Gasteiger partial charge < -0.3 is 9.52 Å². The summed E-state index contributed by atoms with van der Waals surface area (Å²) in [4.78, 5) is 16.0. The van der Waals surface area contributed by atoms with Crippen molar-refractivity contribution < 1.29 is 22.7 Å². The predicted octanol–water partition coefficient (Wildman–Crippen LogP) is 5.48. The Bertz CT molecular complexity index is 1300. The van der Waals surface area contributed by atoms with E-state index in [0.717, 1.165) is 15.4 Å². The fourth-order valence-electron chi connectivity index (χ4n) is 3.61. The van der Waals surface area contributed by atoms with Gasteiger partial charge in [-0.1, -0.05) is 32.9 Å². The third kappa shape index (κ3) is 4.66. The molecule has 0 spiro atoms. The molecule has 0 radical (unpaired) electrons. The zero-order valence-electron chi connectivity index (χ0n) is 20.1. The number of oxazole rings is 1. The second-order valence-corrected chi connectivity index (χ2v) is 11.0. The molecule has 0 aliphatic carbocycles. The van der Waals surface area contributed by atoms with Crippen molar-refractivity contribution in [3.05, 3.63) is 64.4 Å².